The van der Waals surface area contributed by atoms with Gasteiger partial charge in [0.15, 0.2) is 5.82 Å². The Bertz CT molecular complexity index is 753. The molecule has 0 saturated carbocycles. The van der Waals surface area contributed by atoms with Gasteiger partial charge in [0.05, 0.1) is 0 Å². The highest BCUT2D eigenvalue weighted by Gasteiger charge is 2.43. The Hall–Kier alpha value is -2.70. The molecule has 24 heavy (non-hydrogen) atoms. The fourth-order valence-corrected chi connectivity index (χ4v) is 2.73. The first-order chi connectivity index (χ1) is 11.5. The van der Waals surface area contributed by atoms with E-state index in [1.807, 2.05) is 38.1 Å². The Kier molecular flexibility index (Phi) is 4.33. The van der Waals surface area contributed by atoms with Crippen molar-refractivity contribution in [3.05, 3.63) is 41.5 Å². The molecule has 0 spiro atoms. The Balaban J connectivity index is 1.80. The summed E-state index contributed by atoms with van der Waals surface area (Å²) in [5.74, 6) is 0.601. The second kappa shape index (κ2) is 6.43. The van der Waals surface area contributed by atoms with Gasteiger partial charge in [-0.3, -0.25) is 14.6 Å². The van der Waals surface area contributed by atoms with E-state index in [1.165, 1.54) is 4.90 Å². The third kappa shape index (κ3) is 2.89. The molecule has 0 aliphatic carbocycles. The second-order valence-electron chi connectivity index (χ2n) is 5.94. The molecule has 7 heteroatoms. The van der Waals surface area contributed by atoms with Crippen molar-refractivity contribution < 1.29 is 14.1 Å². The minimum absolute atomic E-state index is 0.00107. The van der Waals surface area contributed by atoms with Gasteiger partial charge in [-0.1, -0.05) is 29.8 Å². The third-order valence-electron chi connectivity index (χ3n) is 4.04. The number of rotatable bonds is 5. The summed E-state index contributed by atoms with van der Waals surface area (Å²) in [6.45, 7) is 5.71. The Morgan fingerprint density at radius 1 is 1.21 bits per heavy atom. The summed E-state index contributed by atoms with van der Waals surface area (Å²) in [4.78, 5) is 32.0. The number of aromatic nitrogens is 2. The second-order valence-corrected chi connectivity index (χ2v) is 5.94. The molecule has 1 aliphatic rings. The van der Waals surface area contributed by atoms with Crippen LogP contribution in [0.25, 0.3) is 0 Å². The largest absolute Gasteiger partial charge is 0.337 e. The SMILES string of the molecule is CCCc1noc(CN2C(=O)[C@@H](C)N(c3ccc(C)cc3)C2=O)n1. The summed E-state index contributed by atoms with van der Waals surface area (Å²) in [5.41, 5.74) is 1.79. The van der Waals surface area contributed by atoms with Gasteiger partial charge >= 0.3 is 6.03 Å². The van der Waals surface area contributed by atoms with E-state index in [0.29, 0.717) is 17.9 Å². The van der Waals surface area contributed by atoms with Crippen LogP contribution >= 0.6 is 0 Å². The van der Waals surface area contributed by atoms with Crippen LogP contribution in [-0.4, -0.2) is 33.0 Å². The van der Waals surface area contributed by atoms with E-state index in [4.69, 9.17) is 4.52 Å². The number of amides is 3. The number of anilines is 1. The summed E-state index contributed by atoms with van der Waals surface area (Å²) >= 11 is 0. The fraction of sp³-hybridized carbons (Fsp3) is 0.412. The van der Waals surface area contributed by atoms with Crippen LogP contribution in [0, 0.1) is 6.92 Å². The van der Waals surface area contributed by atoms with Crippen LogP contribution in [-0.2, 0) is 17.8 Å². The van der Waals surface area contributed by atoms with Crippen LogP contribution in [0.5, 0.6) is 0 Å². The molecule has 3 amide bonds. The van der Waals surface area contributed by atoms with Gasteiger partial charge in [0.2, 0.25) is 5.89 Å². The van der Waals surface area contributed by atoms with Gasteiger partial charge in [-0.05, 0) is 32.4 Å². The summed E-state index contributed by atoms with van der Waals surface area (Å²) in [6, 6.07) is 6.58. The highest BCUT2D eigenvalue weighted by molar-refractivity contribution is 6.13. The standard InChI is InChI=1S/C17H20N4O3/c1-4-5-14-18-15(24-19-14)10-20-16(22)12(3)21(17(20)23)13-8-6-11(2)7-9-13/h6-9,12H,4-5,10H2,1-3H3/t12-/m1/s1. The van der Waals surface area contributed by atoms with Crippen molar-refractivity contribution in [2.75, 3.05) is 4.90 Å². The predicted molar refractivity (Wildman–Crippen MR) is 87.4 cm³/mol. The first-order valence-corrected chi connectivity index (χ1v) is 8.04. The topological polar surface area (TPSA) is 79.5 Å². The quantitative estimate of drug-likeness (QED) is 0.788. The van der Waals surface area contributed by atoms with Gasteiger partial charge in [0.25, 0.3) is 5.91 Å². The Morgan fingerprint density at radius 3 is 2.58 bits per heavy atom. The van der Waals surface area contributed by atoms with Crippen LogP contribution in [0.2, 0.25) is 0 Å². The number of aryl methyl sites for hydroxylation is 2. The number of hydrogen-bond acceptors (Lipinski definition) is 5. The number of carbonyl (C=O) groups is 2. The average Bonchev–Trinajstić information content (AvgIpc) is 3.08. The number of benzene rings is 1. The number of nitrogens with zero attached hydrogens (tertiary/aromatic N) is 4. The summed E-state index contributed by atoms with van der Waals surface area (Å²) < 4.78 is 5.14. The summed E-state index contributed by atoms with van der Waals surface area (Å²) in [5, 5.41) is 3.85. The van der Waals surface area contributed by atoms with Crippen molar-refractivity contribution in [3.8, 4) is 0 Å². The minimum atomic E-state index is -0.557. The molecule has 0 unspecified atom stereocenters. The van der Waals surface area contributed by atoms with Crippen molar-refractivity contribution in [2.24, 2.45) is 0 Å². The van der Waals surface area contributed by atoms with Gasteiger partial charge in [0, 0.05) is 12.1 Å². The van der Waals surface area contributed by atoms with Crippen LogP contribution in [0.3, 0.4) is 0 Å². The molecular formula is C17H20N4O3. The van der Waals surface area contributed by atoms with E-state index in [-0.39, 0.29) is 24.4 Å². The number of urea groups is 1. The number of hydrogen-bond donors (Lipinski definition) is 0. The molecule has 0 radical (unpaired) electrons. The van der Waals surface area contributed by atoms with Gasteiger partial charge in [-0.15, -0.1) is 0 Å². The van der Waals surface area contributed by atoms with Crippen molar-refractivity contribution in [3.63, 3.8) is 0 Å². The van der Waals surface area contributed by atoms with Crippen LogP contribution in [0.1, 0.15) is 37.5 Å². The summed E-state index contributed by atoms with van der Waals surface area (Å²) in [6.07, 6.45) is 1.61. The Morgan fingerprint density at radius 2 is 1.92 bits per heavy atom. The fourth-order valence-electron chi connectivity index (χ4n) is 2.73. The molecular weight excluding hydrogens is 308 g/mol. The van der Waals surface area contributed by atoms with Gasteiger partial charge in [-0.25, -0.2) is 4.79 Å². The van der Waals surface area contributed by atoms with Crippen molar-refractivity contribution >= 4 is 17.6 Å². The first-order valence-electron chi connectivity index (χ1n) is 8.04. The highest BCUT2D eigenvalue weighted by atomic mass is 16.5. The van der Waals surface area contributed by atoms with Crippen LogP contribution in [0.4, 0.5) is 10.5 Å². The zero-order chi connectivity index (χ0) is 17.3. The maximum absolute atomic E-state index is 12.7. The van der Waals surface area contributed by atoms with E-state index in [2.05, 4.69) is 10.1 Å². The molecule has 1 atom stereocenters. The average molecular weight is 328 g/mol. The number of imide groups is 1. The lowest BCUT2D eigenvalue weighted by molar-refractivity contribution is -0.127. The monoisotopic (exact) mass is 328 g/mol. The van der Waals surface area contributed by atoms with Crippen LogP contribution < -0.4 is 4.90 Å². The Labute approximate surface area is 140 Å². The zero-order valence-electron chi connectivity index (χ0n) is 14.0. The van der Waals surface area contributed by atoms with Crippen molar-refractivity contribution in [1.29, 1.82) is 0 Å². The molecule has 2 heterocycles. The molecule has 1 aromatic heterocycles. The molecule has 1 aliphatic heterocycles. The normalized spacial score (nSPS) is 17.9. The van der Waals surface area contributed by atoms with Crippen molar-refractivity contribution in [1.82, 2.24) is 15.0 Å². The van der Waals surface area contributed by atoms with Gasteiger partial charge in [0.1, 0.15) is 12.6 Å². The molecule has 0 N–H and O–H groups in total. The first kappa shape index (κ1) is 16.2. The zero-order valence-corrected chi connectivity index (χ0v) is 14.0. The third-order valence-corrected chi connectivity index (χ3v) is 4.04. The minimum Gasteiger partial charge on any atom is -0.337 e. The van der Waals surface area contributed by atoms with Gasteiger partial charge < -0.3 is 4.52 Å². The molecule has 126 valence electrons. The smallest absolute Gasteiger partial charge is 0.332 e. The van der Waals surface area contributed by atoms with E-state index in [0.717, 1.165) is 16.9 Å². The van der Waals surface area contributed by atoms with E-state index >= 15 is 0 Å². The molecule has 3 rings (SSSR count). The van der Waals surface area contributed by atoms with Crippen LogP contribution in [0.15, 0.2) is 28.8 Å². The van der Waals surface area contributed by atoms with Crippen molar-refractivity contribution in [2.45, 2.75) is 46.2 Å². The maximum Gasteiger partial charge on any atom is 0.332 e. The molecule has 7 nitrogen and oxygen atoms in total. The lowest BCUT2D eigenvalue weighted by Crippen LogP contribution is -2.33. The van der Waals surface area contributed by atoms with E-state index in [9.17, 15) is 9.59 Å². The molecule has 1 aromatic carbocycles. The molecule has 2 aromatic rings. The summed E-state index contributed by atoms with van der Waals surface area (Å²) in [7, 11) is 0. The lowest BCUT2D eigenvalue weighted by Gasteiger charge is -2.19. The highest BCUT2D eigenvalue weighted by Crippen LogP contribution is 2.27. The van der Waals surface area contributed by atoms with E-state index < -0.39 is 6.04 Å². The lowest BCUT2D eigenvalue weighted by atomic mass is 10.2. The predicted octanol–water partition coefficient (Wildman–Crippen LogP) is 2.69. The van der Waals surface area contributed by atoms with E-state index in [1.54, 1.807) is 6.92 Å². The molecule has 1 saturated heterocycles. The van der Waals surface area contributed by atoms with Gasteiger partial charge in [-0.2, -0.15) is 4.98 Å². The molecule has 0 bridgehead atoms. The maximum atomic E-state index is 12.7. The number of carbonyl (C=O) groups excluding carboxylic acids is 2. The molecule has 1 fully saturated rings.